The Bertz CT molecular complexity index is 270. The molecule has 0 fully saturated rings. The van der Waals surface area contributed by atoms with Gasteiger partial charge in [-0.05, 0) is 12.1 Å². The molecule has 2 N–H and O–H groups in total. The lowest BCUT2D eigenvalue weighted by atomic mass is 10.2. The van der Waals surface area contributed by atoms with Crippen LogP contribution in [0, 0.1) is 12.1 Å². The zero-order valence-electron chi connectivity index (χ0n) is 6.07. The lowest BCUT2D eigenvalue weighted by molar-refractivity contribution is 0.127. The standard InChI is InChI=1S/C8H6F2IN/c9-8(10,11)7-3-1-2-6(4-7)5-12/h3-4H,5,12H2. The smallest absolute Gasteiger partial charge is 0.322 e. The second-order valence-electron chi connectivity index (χ2n) is 2.24. The van der Waals surface area contributed by atoms with Crippen LogP contribution in [0.2, 0.25) is 0 Å². The third-order valence-corrected chi connectivity index (χ3v) is 1.96. The maximum Gasteiger partial charge on any atom is 0.322 e. The van der Waals surface area contributed by atoms with Crippen molar-refractivity contribution in [3.8, 4) is 0 Å². The van der Waals surface area contributed by atoms with E-state index in [0.717, 1.165) is 22.6 Å². The SMILES string of the molecule is NCc1c#ccc(C(F)(F)I)c1. The minimum absolute atomic E-state index is 0.0812. The van der Waals surface area contributed by atoms with Crippen molar-refractivity contribution in [2.45, 2.75) is 10.5 Å². The third kappa shape index (κ3) is 2.29. The number of rotatable bonds is 2. The van der Waals surface area contributed by atoms with Gasteiger partial charge in [-0.1, -0.05) is 12.1 Å². The van der Waals surface area contributed by atoms with E-state index in [-0.39, 0.29) is 12.1 Å². The summed E-state index contributed by atoms with van der Waals surface area (Å²) in [6, 6.07) is 7.69. The molecule has 1 aromatic carbocycles. The van der Waals surface area contributed by atoms with Gasteiger partial charge in [0.15, 0.2) is 0 Å². The van der Waals surface area contributed by atoms with E-state index in [1.807, 2.05) is 0 Å². The minimum atomic E-state index is -2.85. The van der Waals surface area contributed by atoms with Crippen LogP contribution in [0.15, 0.2) is 12.1 Å². The van der Waals surface area contributed by atoms with Gasteiger partial charge in [0.1, 0.15) is 0 Å². The maximum atomic E-state index is 12.7. The van der Waals surface area contributed by atoms with Gasteiger partial charge < -0.3 is 5.73 Å². The molecule has 0 aliphatic carbocycles. The highest BCUT2D eigenvalue weighted by molar-refractivity contribution is 14.1. The van der Waals surface area contributed by atoms with Gasteiger partial charge in [-0.15, -0.1) is 0 Å². The van der Waals surface area contributed by atoms with Crippen molar-refractivity contribution in [1.82, 2.24) is 0 Å². The number of nitrogens with two attached hydrogens (primary N) is 1. The molecular formula is C8H6F2IN. The molecule has 0 saturated heterocycles. The van der Waals surface area contributed by atoms with Gasteiger partial charge in [-0.25, -0.2) is 0 Å². The van der Waals surface area contributed by atoms with E-state index in [1.165, 1.54) is 12.1 Å². The van der Waals surface area contributed by atoms with Crippen LogP contribution >= 0.6 is 22.6 Å². The quantitative estimate of drug-likeness (QED) is 0.653. The molecule has 0 aromatic heterocycles. The van der Waals surface area contributed by atoms with Gasteiger partial charge in [0, 0.05) is 40.3 Å². The fourth-order valence-corrected chi connectivity index (χ4v) is 1.06. The monoisotopic (exact) mass is 281 g/mol. The van der Waals surface area contributed by atoms with Gasteiger partial charge in [0.05, 0.1) is 0 Å². The molecule has 0 saturated carbocycles. The molecule has 1 rings (SSSR count). The van der Waals surface area contributed by atoms with Crippen LogP contribution in [0.4, 0.5) is 8.78 Å². The Balaban J connectivity index is 3.02. The summed E-state index contributed by atoms with van der Waals surface area (Å²) in [5, 5.41) is 0. The van der Waals surface area contributed by atoms with Crippen LogP contribution in [0.25, 0.3) is 0 Å². The largest absolute Gasteiger partial charge is 0.326 e. The Kier molecular flexibility index (Phi) is 2.85. The van der Waals surface area contributed by atoms with Crippen LogP contribution in [-0.2, 0) is 10.5 Å². The summed E-state index contributed by atoms with van der Waals surface area (Å²) in [6.45, 7) is 0.205. The van der Waals surface area contributed by atoms with Crippen LogP contribution in [0.1, 0.15) is 11.1 Å². The highest BCUT2D eigenvalue weighted by Gasteiger charge is 2.26. The topological polar surface area (TPSA) is 26.0 Å². The molecule has 1 aromatic rings. The second-order valence-corrected chi connectivity index (χ2v) is 3.60. The summed E-state index contributed by atoms with van der Waals surface area (Å²) in [6.07, 6.45) is 0. The van der Waals surface area contributed by atoms with E-state index in [2.05, 4.69) is 12.1 Å². The van der Waals surface area contributed by atoms with Crippen molar-refractivity contribution in [1.29, 1.82) is 0 Å². The Labute approximate surface area is 83.1 Å². The average molecular weight is 281 g/mol. The molecule has 12 heavy (non-hydrogen) atoms. The highest BCUT2D eigenvalue weighted by atomic mass is 127. The van der Waals surface area contributed by atoms with Crippen LogP contribution in [0.5, 0.6) is 0 Å². The third-order valence-electron chi connectivity index (χ3n) is 1.34. The van der Waals surface area contributed by atoms with E-state index in [9.17, 15) is 8.78 Å². The number of halogens is 3. The molecule has 64 valence electrons. The summed E-state index contributed by atoms with van der Waals surface area (Å²) in [4.78, 5) is 0. The molecule has 0 atom stereocenters. The molecule has 0 aliphatic rings. The Hall–Kier alpha value is -0.410. The fourth-order valence-electron chi connectivity index (χ4n) is 0.746. The first-order chi connectivity index (χ1) is 5.54. The maximum absolute atomic E-state index is 12.7. The van der Waals surface area contributed by atoms with Crippen molar-refractivity contribution in [2.24, 2.45) is 5.73 Å². The van der Waals surface area contributed by atoms with Gasteiger partial charge >= 0.3 is 3.93 Å². The molecule has 1 nitrogen and oxygen atoms in total. The molecule has 0 spiro atoms. The van der Waals surface area contributed by atoms with Gasteiger partial charge in [-0.2, -0.15) is 8.78 Å². The second kappa shape index (κ2) is 3.54. The van der Waals surface area contributed by atoms with Gasteiger partial charge in [0.25, 0.3) is 0 Å². The Morgan fingerprint density at radius 2 is 2.25 bits per heavy atom. The van der Waals surface area contributed by atoms with Crippen molar-refractivity contribution in [3.63, 3.8) is 0 Å². The predicted octanol–water partition coefficient (Wildman–Crippen LogP) is 2.23. The molecule has 0 heterocycles. The predicted molar refractivity (Wildman–Crippen MR) is 49.9 cm³/mol. The summed E-state index contributed by atoms with van der Waals surface area (Å²) in [7, 11) is 0. The zero-order valence-corrected chi connectivity index (χ0v) is 8.23. The summed E-state index contributed by atoms with van der Waals surface area (Å²) >= 11 is 1.07. The molecular weight excluding hydrogens is 275 g/mol. The lowest BCUT2D eigenvalue weighted by Gasteiger charge is -2.07. The van der Waals surface area contributed by atoms with E-state index >= 15 is 0 Å². The normalized spacial score (nSPS) is 11.0. The van der Waals surface area contributed by atoms with E-state index in [1.54, 1.807) is 0 Å². The summed E-state index contributed by atoms with van der Waals surface area (Å²) in [5.41, 5.74) is 5.73. The Morgan fingerprint density at radius 1 is 1.58 bits per heavy atom. The van der Waals surface area contributed by atoms with E-state index in [0.29, 0.717) is 5.56 Å². The van der Waals surface area contributed by atoms with E-state index in [4.69, 9.17) is 5.73 Å². The van der Waals surface area contributed by atoms with E-state index < -0.39 is 3.93 Å². The number of hydrogen-bond donors (Lipinski definition) is 1. The van der Waals surface area contributed by atoms with Crippen LogP contribution in [0.3, 0.4) is 0 Å². The van der Waals surface area contributed by atoms with Crippen LogP contribution in [-0.4, -0.2) is 0 Å². The van der Waals surface area contributed by atoms with Crippen molar-refractivity contribution in [2.75, 3.05) is 0 Å². The first kappa shape index (κ1) is 9.68. The average Bonchev–Trinajstić information content (AvgIpc) is 2.03. The van der Waals surface area contributed by atoms with Crippen molar-refractivity contribution < 1.29 is 8.78 Å². The summed E-state index contributed by atoms with van der Waals surface area (Å²) in [5.74, 6) is 0. The molecule has 0 amide bonds. The first-order valence-electron chi connectivity index (χ1n) is 3.23. The van der Waals surface area contributed by atoms with Gasteiger partial charge in [0.2, 0.25) is 0 Å². The highest BCUT2D eigenvalue weighted by Crippen LogP contribution is 2.34. The van der Waals surface area contributed by atoms with Crippen molar-refractivity contribution >= 4 is 22.6 Å². The fraction of sp³-hybridized carbons (Fsp3) is 0.250. The molecule has 0 radical (unpaired) electrons. The lowest BCUT2D eigenvalue weighted by Crippen LogP contribution is -2.03. The molecule has 0 bridgehead atoms. The van der Waals surface area contributed by atoms with Gasteiger partial charge in [-0.3, -0.25) is 0 Å². The number of hydrogen-bond acceptors (Lipinski definition) is 1. The summed E-state index contributed by atoms with van der Waals surface area (Å²) < 4.78 is 22.5. The first-order valence-corrected chi connectivity index (χ1v) is 4.31. The zero-order chi connectivity index (χ0) is 9.19. The molecule has 0 unspecified atom stereocenters. The molecule has 0 aliphatic heterocycles. The van der Waals surface area contributed by atoms with Crippen molar-refractivity contribution in [3.05, 3.63) is 35.4 Å². The molecule has 4 heteroatoms. The van der Waals surface area contributed by atoms with Crippen LogP contribution < -0.4 is 5.73 Å². The minimum Gasteiger partial charge on any atom is -0.326 e. The number of alkyl halides is 3. The Morgan fingerprint density at radius 3 is 2.75 bits per heavy atom.